The van der Waals surface area contributed by atoms with Gasteiger partial charge in [-0.2, -0.15) is 0 Å². The Balaban J connectivity index is 1.88. The molecular formula is C18H18S. The highest BCUT2D eigenvalue weighted by atomic mass is 32.1. The Bertz CT molecular complexity index is 626. The smallest absolute Gasteiger partial charge is 0.0349 e. The van der Waals surface area contributed by atoms with Crippen molar-refractivity contribution < 1.29 is 0 Å². The van der Waals surface area contributed by atoms with Gasteiger partial charge in [-0.15, -0.1) is 11.3 Å². The van der Waals surface area contributed by atoms with E-state index in [-0.39, 0.29) is 0 Å². The van der Waals surface area contributed by atoms with Crippen LogP contribution >= 0.6 is 11.3 Å². The van der Waals surface area contributed by atoms with Crippen LogP contribution in [0.1, 0.15) is 23.8 Å². The van der Waals surface area contributed by atoms with Gasteiger partial charge in [-0.25, -0.2) is 0 Å². The summed E-state index contributed by atoms with van der Waals surface area (Å²) in [5, 5.41) is 0. The summed E-state index contributed by atoms with van der Waals surface area (Å²) < 4.78 is 0. The minimum Gasteiger partial charge on any atom is -0.135 e. The van der Waals surface area contributed by atoms with Gasteiger partial charge < -0.3 is 0 Å². The average Bonchev–Trinajstić information content (AvgIpc) is 2.90. The fourth-order valence-corrected chi connectivity index (χ4v) is 3.31. The normalized spacial score (nSPS) is 18.4. The van der Waals surface area contributed by atoms with Crippen molar-refractivity contribution in [3.8, 4) is 10.4 Å². The molecule has 1 atom stereocenters. The van der Waals surface area contributed by atoms with Crippen molar-refractivity contribution in [2.24, 2.45) is 5.92 Å². The number of rotatable bonds is 2. The Labute approximate surface area is 119 Å². The molecule has 96 valence electrons. The van der Waals surface area contributed by atoms with E-state index < -0.39 is 0 Å². The minimum absolute atomic E-state index is 0.681. The largest absolute Gasteiger partial charge is 0.135 e. The van der Waals surface area contributed by atoms with Gasteiger partial charge in [0.2, 0.25) is 0 Å². The second-order valence-corrected chi connectivity index (χ2v) is 6.35. The molecule has 0 N–H and O–H groups in total. The minimum atomic E-state index is 0.681. The molecule has 1 aromatic heterocycles. The molecule has 1 aromatic carbocycles. The molecule has 0 saturated heterocycles. The first-order valence-electron chi connectivity index (χ1n) is 6.78. The van der Waals surface area contributed by atoms with Crippen molar-refractivity contribution in [2.45, 2.75) is 20.3 Å². The van der Waals surface area contributed by atoms with Crippen LogP contribution in [-0.2, 0) is 0 Å². The van der Waals surface area contributed by atoms with Gasteiger partial charge >= 0.3 is 0 Å². The molecular weight excluding hydrogens is 248 g/mol. The third kappa shape index (κ3) is 2.71. The molecule has 0 aliphatic heterocycles. The number of hydrogen-bond donors (Lipinski definition) is 0. The predicted molar refractivity (Wildman–Crippen MR) is 85.4 cm³/mol. The fourth-order valence-electron chi connectivity index (χ4n) is 2.28. The predicted octanol–water partition coefficient (Wildman–Crippen LogP) is 5.70. The molecule has 3 rings (SSSR count). The summed E-state index contributed by atoms with van der Waals surface area (Å²) in [6.07, 6.45) is 8.08. The van der Waals surface area contributed by atoms with Crippen molar-refractivity contribution in [1.29, 1.82) is 0 Å². The van der Waals surface area contributed by atoms with Crippen LogP contribution in [0, 0.1) is 12.8 Å². The molecule has 0 fully saturated rings. The summed E-state index contributed by atoms with van der Waals surface area (Å²) >= 11 is 1.88. The van der Waals surface area contributed by atoms with Gasteiger partial charge in [0.25, 0.3) is 0 Å². The average molecular weight is 266 g/mol. The van der Waals surface area contributed by atoms with Gasteiger partial charge in [-0.1, -0.05) is 55.0 Å². The molecule has 1 unspecified atom stereocenters. The van der Waals surface area contributed by atoms with Gasteiger partial charge in [-0.05, 0) is 42.5 Å². The molecule has 0 amide bonds. The van der Waals surface area contributed by atoms with E-state index >= 15 is 0 Å². The second-order valence-electron chi connectivity index (χ2n) is 5.26. The van der Waals surface area contributed by atoms with Crippen molar-refractivity contribution in [3.05, 3.63) is 65.1 Å². The number of benzene rings is 1. The Morgan fingerprint density at radius 1 is 1.00 bits per heavy atom. The molecule has 0 saturated carbocycles. The molecule has 0 bridgehead atoms. The van der Waals surface area contributed by atoms with Gasteiger partial charge in [0.05, 0.1) is 0 Å². The van der Waals surface area contributed by atoms with Gasteiger partial charge in [-0.3, -0.25) is 0 Å². The summed E-state index contributed by atoms with van der Waals surface area (Å²) in [6, 6.07) is 13.2. The Morgan fingerprint density at radius 3 is 2.42 bits per heavy atom. The summed E-state index contributed by atoms with van der Waals surface area (Å²) in [4.78, 5) is 2.72. The molecule has 0 radical (unpaired) electrons. The maximum Gasteiger partial charge on any atom is 0.0349 e. The van der Waals surface area contributed by atoms with Crippen LogP contribution in [0.15, 0.2) is 54.6 Å². The third-order valence-corrected chi connectivity index (χ3v) is 4.72. The lowest BCUT2D eigenvalue weighted by Crippen LogP contribution is -1.92. The fraction of sp³-hybridized carbons (Fsp3) is 0.222. The first kappa shape index (κ1) is 12.4. The van der Waals surface area contributed by atoms with Crippen molar-refractivity contribution in [3.63, 3.8) is 0 Å². The maximum absolute atomic E-state index is 2.36. The molecule has 2 aromatic rings. The van der Waals surface area contributed by atoms with Crippen molar-refractivity contribution in [1.82, 2.24) is 0 Å². The van der Waals surface area contributed by atoms with E-state index in [9.17, 15) is 0 Å². The molecule has 1 aliphatic rings. The highest BCUT2D eigenvalue weighted by Crippen LogP contribution is 2.34. The van der Waals surface area contributed by atoms with Crippen LogP contribution in [0.4, 0.5) is 0 Å². The molecule has 0 spiro atoms. The first-order valence-corrected chi connectivity index (χ1v) is 7.59. The highest BCUT2D eigenvalue weighted by molar-refractivity contribution is 7.16. The molecule has 1 heterocycles. The molecule has 19 heavy (non-hydrogen) atoms. The maximum atomic E-state index is 2.36. The quantitative estimate of drug-likeness (QED) is 0.653. The summed E-state index contributed by atoms with van der Waals surface area (Å²) in [5.74, 6) is 0.681. The van der Waals surface area contributed by atoms with E-state index in [0.29, 0.717) is 5.92 Å². The Hall–Kier alpha value is -1.60. The summed E-state index contributed by atoms with van der Waals surface area (Å²) in [6.45, 7) is 4.39. The van der Waals surface area contributed by atoms with Crippen molar-refractivity contribution in [2.75, 3.05) is 0 Å². The number of aryl methyl sites for hydroxylation is 1. The van der Waals surface area contributed by atoms with E-state index in [1.165, 1.54) is 26.5 Å². The second kappa shape index (κ2) is 5.18. The van der Waals surface area contributed by atoms with Crippen LogP contribution < -0.4 is 0 Å². The summed E-state index contributed by atoms with van der Waals surface area (Å²) in [7, 11) is 0. The lowest BCUT2D eigenvalue weighted by Gasteiger charge is -2.10. The zero-order valence-electron chi connectivity index (χ0n) is 11.4. The van der Waals surface area contributed by atoms with E-state index in [1.807, 2.05) is 11.3 Å². The number of hydrogen-bond acceptors (Lipinski definition) is 1. The Morgan fingerprint density at radius 2 is 1.74 bits per heavy atom. The third-order valence-electron chi connectivity index (χ3n) is 3.54. The monoisotopic (exact) mass is 266 g/mol. The van der Waals surface area contributed by atoms with Gasteiger partial charge in [0.15, 0.2) is 0 Å². The Kier molecular flexibility index (Phi) is 3.39. The summed E-state index contributed by atoms with van der Waals surface area (Å²) in [5.41, 5.74) is 4.00. The lowest BCUT2D eigenvalue weighted by atomic mass is 9.98. The lowest BCUT2D eigenvalue weighted by molar-refractivity contribution is 0.739. The van der Waals surface area contributed by atoms with E-state index in [1.54, 1.807) is 0 Å². The van der Waals surface area contributed by atoms with Crippen LogP contribution in [0.2, 0.25) is 0 Å². The SMILES string of the molecule is Cc1ccc(-c2ccc(C3=CCC(C)C=C3)s2)cc1. The van der Waals surface area contributed by atoms with E-state index in [4.69, 9.17) is 0 Å². The van der Waals surface area contributed by atoms with Gasteiger partial charge in [0, 0.05) is 9.75 Å². The standard InChI is InChI=1S/C18H18S/c1-13-3-7-15(8-4-13)17-11-12-18(19-17)16-9-5-14(2)6-10-16/h3-5,7-12,14H,6H2,1-2H3. The van der Waals surface area contributed by atoms with Crippen LogP contribution in [0.3, 0.4) is 0 Å². The molecule has 1 heteroatoms. The van der Waals surface area contributed by atoms with E-state index in [2.05, 4.69) is 68.5 Å². The van der Waals surface area contributed by atoms with Gasteiger partial charge in [0.1, 0.15) is 0 Å². The first-order chi connectivity index (χ1) is 9.22. The van der Waals surface area contributed by atoms with E-state index in [0.717, 1.165) is 6.42 Å². The number of allylic oxidation sites excluding steroid dienone is 4. The number of thiophene rings is 1. The topological polar surface area (TPSA) is 0 Å². The zero-order valence-corrected chi connectivity index (χ0v) is 12.2. The molecule has 1 aliphatic carbocycles. The zero-order chi connectivity index (χ0) is 13.2. The van der Waals surface area contributed by atoms with Crippen molar-refractivity contribution >= 4 is 16.9 Å². The van der Waals surface area contributed by atoms with Crippen LogP contribution in [-0.4, -0.2) is 0 Å². The molecule has 0 nitrogen and oxygen atoms in total. The van der Waals surface area contributed by atoms with Crippen LogP contribution in [0.25, 0.3) is 16.0 Å². The highest BCUT2D eigenvalue weighted by Gasteiger charge is 2.09. The van der Waals surface area contributed by atoms with Crippen LogP contribution in [0.5, 0.6) is 0 Å².